The lowest BCUT2D eigenvalue weighted by atomic mass is 10.1. The van der Waals surface area contributed by atoms with Crippen LogP contribution in [0.2, 0.25) is 0 Å². The Morgan fingerprint density at radius 3 is 2.64 bits per heavy atom. The first-order valence-electron chi connectivity index (χ1n) is 7.89. The predicted octanol–water partition coefficient (Wildman–Crippen LogP) is 1.67. The van der Waals surface area contributed by atoms with Crippen LogP contribution in [0.1, 0.15) is 28.7 Å². The second-order valence-corrected chi connectivity index (χ2v) is 5.58. The van der Waals surface area contributed by atoms with Gasteiger partial charge in [-0.3, -0.25) is 14.3 Å². The quantitative estimate of drug-likeness (QED) is 0.690. The van der Waals surface area contributed by atoms with E-state index >= 15 is 0 Å². The maximum absolute atomic E-state index is 12.6. The molecule has 0 aliphatic rings. The molecule has 1 amide bonds. The molecule has 0 bridgehead atoms. The first kappa shape index (κ1) is 16.6. The number of amides is 1. The van der Waals surface area contributed by atoms with Crippen LogP contribution in [0.25, 0.3) is 0 Å². The van der Waals surface area contributed by atoms with Crippen LogP contribution in [0.4, 0.5) is 5.82 Å². The molecule has 1 aromatic carbocycles. The Bertz CT molecular complexity index is 894. The smallest absolute Gasteiger partial charge is 0.245 e. The van der Waals surface area contributed by atoms with E-state index in [2.05, 4.69) is 20.6 Å². The molecule has 2 aromatic heterocycles. The third kappa shape index (κ3) is 3.79. The number of imidazole rings is 1. The van der Waals surface area contributed by atoms with Crippen molar-refractivity contribution in [3.05, 3.63) is 59.8 Å². The zero-order chi connectivity index (χ0) is 17.8. The number of aromatic nitrogens is 5. The number of nitrogens with zero attached hydrogens (tertiary/aromatic N) is 5. The van der Waals surface area contributed by atoms with Crippen LogP contribution in [0, 0.1) is 6.92 Å². The van der Waals surface area contributed by atoms with E-state index in [0.29, 0.717) is 17.9 Å². The molecular weight excluding hydrogens is 320 g/mol. The molecular formula is C17H18N6O2. The second-order valence-electron chi connectivity index (χ2n) is 5.58. The summed E-state index contributed by atoms with van der Waals surface area (Å²) in [5.74, 6) is 0.0587. The van der Waals surface area contributed by atoms with E-state index in [1.165, 1.54) is 10.8 Å². The van der Waals surface area contributed by atoms with Crippen molar-refractivity contribution in [2.75, 3.05) is 5.32 Å². The van der Waals surface area contributed by atoms with Gasteiger partial charge in [0, 0.05) is 24.5 Å². The van der Waals surface area contributed by atoms with E-state index in [1.54, 1.807) is 29.2 Å². The second kappa shape index (κ2) is 7.08. The first-order chi connectivity index (χ1) is 12.1. The van der Waals surface area contributed by atoms with Crippen molar-refractivity contribution in [1.82, 2.24) is 24.5 Å². The van der Waals surface area contributed by atoms with Gasteiger partial charge in [-0.25, -0.2) is 4.98 Å². The molecule has 8 heteroatoms. The van der Waals surface area contributed by atoms with Crippen molar-refractivity contribution < 1.29 is 9.59 Å². The first-order valence-corrected chi connectivity index (χ1v) is 7.89. The Kier molecular flexibility index (Phi) is 4.69. The van der Waals surface area contributed by atoms with E-state index in [1.807, 2.05) is 26.0 Å². The summed E-state index contributed by atoms with van der Waals surface area (Å²) in [7, 11) is 0. The summed E-state index contributed by atoms with van der Waals surface area (Å²) in [5, 5.41) is 10.4. The number of aryl methyl sites for hydroxylation is 2. The van der Waals surface area contributed by atoms with Crippen molar-refractivity contribution in [2.24, 2.45) is 0 Å². The molecule has 3 aromatic rings. The summed E-state index contributed by atoms with van der Waals surface area (Å²) in [4.78, 5) is 28.9. The Morgan fingerprint density at radius 2 is 1.96 bits per heavy atom. The maximum Gasteiger partial charge on any atom is 0.245 e. The Labute approximate surface area is 144 Å². The molecule has 1 N–H and O–H groups in total. The number of carbonyl (C=O) groups excluding carboxylic acids is 2. The molecule has 0 spiro atoms. The molecule has 2 heterocycles. The van der Waals surface area contributed by atoms with Crippen molar-refractivity contribution in [1.29, 1.82) is 0 Å². The number of hydrogen-bond acceptors (Lipinski definition) is 5. The number of nitrogens with one attached hydrogen (secondary N) is 1. The molecule has 0 saturated carbocycles. The summed E-state index contributed by atoms with van der Waals surface area (Å²) in [5.41, 5.74) is 1.60. The fraction of sp³-hybridized carbons (Fsp3) is 0.235. The summed E-state index contributed by atoms with van der Waals surface area (Å²) >= 11 is 0. The minimum atomic E-state index is -0.306. The van der Waals surface area contributed by atoms with Crippen LogP contribution >= 0.6 is 0 Å². The van der Waals surface area contributed by atoms with Gasteiger partial charge < -0.3 is 9.88 Å². The van der Waals surface area contributed by atoms with Gasteiger partial charge in [0.25, 0.3) is 0 Å². The highest BCUT2D eigenvalue weighted by molar-refractivity contribution is 6.07. The van der Waals surface area contributed by atoms with E-state index in [-0.39, 0.29) is 24.1 Å². The van der Waals surface area contributed by atoms with Gasteiger partial charge in [0.2, 0.25) is 11.7 Å². The average Bonchev–Trinajstić information content (AvgIpc) is 3.24. The third-order valence-electron chi connectivity index (χ3n) is 3.68. The molecule has 0 fully saturated rings. The zero-order valence-corrected chi connectivity index (χ0v) is 14.0. The fourth-order valence-corrected chi connectivity index (χ4v) is 2.33. The van der Waals surface area contributed by atoms with Gasteiger partial charge in [0.15, 0.2) is 11.6 Å². The highest BCUT2D eigenvalue weighted by Crippen LogP contribution is 2.10. The molecule has 0 aliphatic carbocycles. The summed E-state index contributed by atoms with van der Waals surface area (Å²) in [6.45, 7) is 4.51. The van der Waals surface area contributed by atoms with Crippen LogP contribution in [0.3, 0.4) is 0 Å². The monoisotopic (exact) mass is 338 g/mol. The molecule has 0 aliphatic heterocycles. The minimum Gasteiger partial charge on any atom is -0.319 e. The molecule has 0 radical (unpaired) electrons. The molecule has 8 nitrogen and oxygen atoms in total. The Balaban J connectivity index is 1.71. The lowest BCUT2D eigenvalue weighted by molar-refractivity contribution is -0.116. The molecule has 3 rings (SSSR count). The molecule has 0 saturated heterocycles. The number of rotatable bonds is 6. The van der Waals surface area contributed by atoms with Gasteiger partial charge in [-0.05, 0) is 13.8 Å². The normalized spacial score (nSPS) is 10.6. The third-order valence-corrected chi connectivity index (χ3v) is 3.68. The van der Waals surface area contributed by atoms with Gasteiger partial charge in [0.05, 0.1) is 6.20 Å². The van der Waals surface area contributed by atoms with Crippen molar-refractivity contribution in [3.8, 4) is 0 Å². The number of hydrogen-bond donors (Lipinski definition) is 1. The van der Waals surface area contributed by atoms with E-state index in [0.717, 1.165) is 5.56 Å². The number of carbonyl (C=O) groups is 2. The van der Waals surface area contributed by atoms with E-state index in [9.17, 15) is 9.59 Å². The lowest BCUT2D eigenvalue weighted by Crippen LogP contribution is -2.21. The lowest BCUT2D eigenvalue weighted by Gasteiger charge is -2.07. The minimum absolute atomic E-state index is 0.0358. The topological polar surface area (TPSA) is 94.7 Å². The van der Waals surface area contributed by atoms with Gasteiger partial charge in [-0.15, -0.1) is 5.10 Å². The largest absolute Gasteiger partial charge is 0.319 e. The number of anilines is 1. The van der Waals surface area contributed by atoms with Crippen LogP contribution in [-0.4, -0.2) is 36.2 Å². The van der Waals surface area contributed by atoms with E-state index < -0.39 is 0 Å². The predicted molar refractivity (Wildman–Crippen MR) is 91.2 cm³/mol. The van der Waals surface area contributed by atoms with Crippen molar-refractivity contribution in [2.45, 2.75) is 26.9 Å². The molecule has 0 atom stereocenters. The number of benzene rings is 1. The van der Waals surface area contributed by atoms with Crippen LogP contribution in [0.5, 0.6) is 0 Å². The van der Waals surface area contributed by atoms with Crippen LogP contribution < -0.4 is 5.32 Å². The molecule has 0 unspecified atom stereocenters. The van der Waals surface area contributed by atoms with Crippen LogP contribution in [0.15, 0.2) is 42.9 Å². The summed E-state index contributed by atoms with van der Waals surface area (Å²) in [6.07, 6.45) is 4.75. The number of ketones is 1. The van der Waals surface area contributed by atoms with Crippen LogP contribution in [-0.2, 0) is 17.9 Å². The summed E-state index contributed by atoms with van der Waals surface area (Å²) < 4.78 is 3.13. The van der Waals surface area contributed by atoms with Gasteiger partial charge in [0.1, 0.15) is 6.54 Å². The SMILES string of the molecule is CCn1cc(NC(=O)Cn2ccnc2C(=O)c2ccc(C)cc2)nn1. The standard InChI is InChI=1S/C17H18N6O2/c1-3-23-10-14(20-21-23)19-15(24)11-22-9-8-18-17(22)16(25)13-6-4-12(2)5-7-13/h4-10H,3,11H2,1-2H3,(H,19,24). The Morgan fingerprint density at radius 1 is 1.20 bits per heavy atom. The van der Waals surface area contributed by atoms with Gasteiger partial charge in [-0.2, -0.15) is 0 Å². The average molecular weight is 338 g/mol. The highest BCUT2D eigenvalue weighted by Gasteiger charge is 2.17. The van der Waals surface area contributed by atoms with Gasteiger partial charge in [-0.1, -0.05) is 35.0 Å². The molecule has 25 heavy (non-hydrogen) atoms. The van der Waals surface area contributed by atoms with Crippen molar-refractivity contribution >= 4 is 17.5 Å². The Hall–Kier alpha value is -3.29. The fourth-order valence-electron chi connectivity index (χ4n) is 2.33. The molecule has 128 valence electrons. The highest BCUT2D eigenvalue weighted by atomic mass is 16.2. The van der Waals surface area contributed by atoms with Gasteiger partial charge >= 0.3 is 0 Å². The zero-order valence-electron chi connectivity index (χ0n) is 14.0. The van der Waals surface area contributed by atoms with E-state index in [4.69, 9.17) is 0 Å². The maximum atomic E-state index is 12.6. The van der Waals surface area contributed by atoms with Crippen molar-refractivity contribution in [3.63, 3.8) is 0 Å². The summed E-state index contributed by atoms with van der Waals surface area (Å²) in [6, 6.07) is 7.23.